The maximum absolute atomic E-state index is 12.4. The molecule has 0 aliphatic carbocycles. The molecule has 0 fully saturated rings. The van der Waals surface area contributed by atoms with Crippen LogP contribution in [0.4, 0.5) is 11.4 Å². The predicted octanol–water partition coefficient (Wildman–Crippen LogP) is 4.88. The molecule has 8 nitrogen and oxygen atoms in total. The van der Waals surface area contributed by atoms with Gasteiger partial charge in [0, 0.05) is 37.9 Å². The fraction of sp³-hybridized carbons (Fsp3) is 0.444. The molecule has 0 saturated carbocycles. The van der Waals surface area contributed by atoms with Gasteiger partial charge in [0.15, 0.2) is 5.58 Å². The van der Waals surface area contributed by atoms with Crippen LogP contribution in [0.15, 0.2) is 47.0 Å². The molecule has 8 heteroatoms. The van der Waals surface area contributed by atoms with Crippen molar-refractivity contribution in [1.29, 1.82) is 0 Å². The number of pyridine rings is 1. The van der Waals surface area contributed by atoms with Crippen LogP contribution in [-0.2, 0) is 4.79 Å². The zero-order valence-electron chi connectivity index (χ0n) is 21.2. The van der Waals surface area contributed by atoms with Gasteiger partial charge in [0.25, 0.3) is 5.91 Å². The highest BCUT2D eigenvalue weighted by molar-refractivity contribution is 6.10. The molecular weight excluding hydrogens is 444 g/mol. The number of nitrogens with zero attached hydrogens (tertiary/aromatic N) is 2. The second-order valence-corrected chi connectivity index (χ2v) is 8.24. The summed E-state index contributed by atoms with van der Waals surface area (Å²) in [6, 6.07) is 11.7. The first-order valence-electron chi connectivity index (χ1n) is 12.2. The van der Waals surface area contributed by atoms with E-state index in [4.69, 9.17) is 9.52 Å². The lowest BCUT2D eigenvalue weighted by molar-refractivity contribution is -0.108. The average Bonchev–Trinajstić information content (AvgIpc) is 3.26. The van der Waals surface area contributed by atoms with Gasteiger partial charge >= 0.3 is 0 Å². The fourth-order valence-corrected chi connectivity index (χ4v) is 3.95. The molecule has 3 rings (SSSR count). The molecule has 190 valence electrons. The van der Waals surface area contributed by atoms with Crippen LogP contribution in [0.3, 0.4) is 0 Å². The largest absolute Gasteiger partial charge is 0.447 e. The summed E-state index contributed by atoms with van der Waals surface area (Å²) in [4.78, 5) is 29.1. The van der Waals surface area contributed by atoms with Crippen LogP contribution >= 0.6 is 0 Å². The number of carbonyl (C=O) groups is 2. The van der Waals surface area contributed by atoms with Crippen LogP contribution in [0.25, 0.3) is 11.1 Å². The number of aldehydes is 1. The van der Waals surface area contributed by atoms with Crippen molar-refractivity contribution in [2.75, 3.05) is 37.4 Å². The molecule has 2 heterocycles. The molecular formula is C27H38N4O4. The van der Waals surface area contributed by atoms with Gasteiger partial charge in [0.05, 0.1) is 6.61 Å². The molecule has 1 amide bonds. The standard InChI is InChI=1S/C16H15N3O2.C11H23NO2/c1-10-5-7-11(8-6-10)19-16(20)15-14(17-2)13-12(21-15)4-3-9-18-13;1-3-11(7-5-6-9-13)12(4-2)8-10-14/h3-9,17H,1-2H3,(H,19,20);9,11,14H,3-8,10H2,1-2H3. The Kier molecular flexibility index (Phi) is 11.9. The number of anilines is 2. The number of aryl methyl sites for hydroxylation is 1. The number of nitrogens with one attached hydrogen (secondary N) is 2. The molecule has 3 N–H and O–H groups in total. The minimum absolute atomic E-state index is 0.220. The summed E-state index contributed by atoms with van der Waals surface area (Å²) in [5, 5.41) is 14.7. The number of benzene rings is 1. The Morgan fingerprint density at radius 1 is 1.23 bits per heavy atom. The van der Waals surface area contributed by atoms with Crippen LogP contribution in [0.2, 0.25) is 0 Å². The lowest BCUT2D eigenvalue weighted by atomic mass is 10.1. The fourth-order valence-electron chi connectivity index (χ4n) is 3.95. The minimum atomic E-state index is -0.304. The van der Waals surface area contributed by atoms with E-state index in [9.17, 15) is 9.59 Å². The van der Waals surface area contributed by atoms with Gasteiger partial charge in [-0.15, -0.1) is 0 Å². The van der Waals surface area contributed by atoms with E-state index >= 15 is 0 Å². The van der Waals surface area contributed by atoms with E-state index in [1.807, 2.05) is 31.2 Å². The summed E-state index contributed by atoms with van der Waals surface area (Å²) in [7, 11) is 1.74. The molecule has 1 atom stereocenters. The van der Waals surface area contributed by atoms with Crippen LogP contribution in [-0.4, -0.2) is 60.0 Å². The highest BCUT2D eigenvalue weighted by Crippen LogP contribution is 2.29. The van der Waals surface area contributed by atoms with Crippen molar-refractivity contribution in [2.45, 2.75) is 52.5 Å². The Bertz CT molecular complexity index is 1050. The Morgan fingerprint density at radius 2 is 1.97 bits per heavy atom. The van der Waals surface area contributed by atoms with E-state index in [0.29, 0.717) is 29.2 Å². The van der Waals surface area contributed by atoms with Crippen LogP contribution in [0, 0.1) is 6.92 Å². The zero-order chi connectivity index (χ0) is 25.6. The van der Waals surface area contributed by atoms with Crippen molar-refractivity contribution in [3.63, 3.8) is 0 Å². The number of carbonyl (C=O) groups excluding carboxylic acids is 2. The summed E-state index contributed by atoms with van der Waals surface area (Å²) in [5.74, 6) is -0.0759. The second-order valence-electron chi connectivity index (χ2n) is 8.24. The third-order valence-corrected chi connectivity index (χ3v) is 5.85. The number of hydrogen-bond acceptors (Lipinski definition) is 7. The van der Waals surface area contributed by atoms with Gasteiger partial charge in [-0.2, -0.15) is 0 Å². The first-order valence-corrected chi connectivity index (χ1v) is 12.2. The number of aromatic nitrogens is 1. The normalized spacial score (nSPS) is 11.6. The summed E-state index contributed by atoms with van der Waals surface area (Å²) in [5.41, 5.74) is 3.68. The number of furan rings is 1. The van der Waals surface area contributed by atoms with E-state index in [1.54, 1.807) is 25.4 Å². The van der Waals surface area contributed by atoms with Gasteiger partial charge in [-0.05, 0) is 57.0 Å². The molecule has 2 aromatic heterocycles. The number of rotatable bonds is 12. The quantitative estimate of drug-likeness (QED) is 0.249. The summed E-state index contributed by atoms with van der Waals surface area (Å²) >= 11 is 0. The topological polar surface area (TPSA) is 108 Å². The molecule has 0 saturated heterocycles. The third kappa shape index (κ3) is 8.19. The van der Waals surface area contributed by atoms with E-state index in [-0.39, 0.29) is 18.3 Å². The zero-order valence-corrected chi connectivity index (χ0v) is 21.2. The number of aliphatic hydroxyl groups excluding tert-OH is 1. The Balaban J connectivity index is 0.000000271. The molecule has 3 aromatic rings. The third-order valence-electron chi connectivity index (χ3n) is 5.85. The first kappa shape index (κ1) is 28.0. The van der Waals surface area contributed by atoms with Gasteiger partial charge in [-0.3, -0.25) is 14.7 Å². The lowest BCUT2D eigenvalue weighted by Crippen LogP contribution is -2.36. The van der Waals surface area contributed by atoms with Crippen molar-refractivity contribution >= 4 is 34.7 Å². The molecule has 0 radical (unpaired) electrons. The maximum atomic E-state index is 12.4. The van der Waals surface area contributed by atoms with Gasteiger partial charge in [0.1, 0.15) is 17.5 Å². The molecule has 0 bridgehead atoms. The van der Waals surface area contributed by atoms with Crippen molar-refractivity contribution in [3.05, 3.63) is 53.9 Å². The van der Waals surface area contributed by atoms with Crippen molar-refractivity contribution in [1.82, 2.24) is 9.88 Å². The summed E-state index contributed by atoms with van der Waals surface area (Å²) in [6.45, 7) is 8.20. The van der Waals surface area contributed by atoms with Gasteiger partial charge in [0.2, 0.25) is 5.76 Å². The predicted molar refractivity (Wildman–Crippen MR) is 141 cm³/mol. The number of fused-ring (bicyclic) bond motifs is 1. The van der Waals surface area contributed by atoms with Crippen LogP contribution < -0.4 is 10.6 Å². The van der Waals surface area contributed by atoms with Gasteiger partial charge in [-0.1, -0.05) is 31.5 Å². The number of aliphatic hydroxyl groups is 1. The van der Waals surface area contributed by atoms with Gasteiger partial charge < -0.3 is 25.0 Å². The molecule has 0 aliphatic heterocycles. The highest BCUT2D eigenvalue weighted by Gasteiger charge is 2.20. The molecule has 1 aromatic carbocycles. The van der Waals surface area contributed by atoms with Crippen LogP contribution in [0.1, 0.15) is 55.6 Å². The number of hydrogen-bond donors (Lipinski definition) is 3. The van der Waals surface area contributed by atoms with E-state index in [2.05, 4.69) is 34.4 Å². The SMILES string of the molecule is CCC(CCCC=O)N(CC)CCO.CNc1c(C(=O)Nc2ccc(C)cc2)oc2cccnc12. The number of likely N-dealkylation sites (N-methyl/N-ethyl adjacent to an activating group) is 1. The van der Waals surface area contributed by atoms with E-state index < -0.39 is 0 Å². The average molecular weight is 483 g/mol. The maximum Gasteiger partial charge on any atom is 0.293 e. The monoisotopic (exact) mass is 482 g/mol. The Hall–Kier alpha value is -3.23. The van der Waals surface area contributed by atoms with Gasteiger partial charge in [-0.25, -0.2) is 0 Å². The van der Waals surface area contributed by atoms with E-state index in [1.165, 1.54) is 0 Å². The van der Waals surface area contributed by atoms with Crippen molar-refractivity contribution in [3.8, 4) is 0 Å². The highest BCUT2D eigenvalue weighted by atomic mass is 16.3. The van der Waals surface area contributed by atoms with Crippen molar-refractivity contribution < 1.29 is 19.1 Å². The van der Waals surface area contributed by atoms with E-state index in [0.717, 1.165) is 49.9 Å². The first-order chi connectivity index (χ1) is 17.0. The van der Waals surface area contributed by atoms with Crippen LogP contribution in [0.5, 0.6) is 0 Å². The number of amides is 1. The Labute approximate surface area is 207 Å². The minimum Gasteiger partial charge on any atom is -0.447 e. The molecule has 0 aliphatic rings. The molecule has 35 heavy (non-hydrogen) atoms. The van der Waals surface area contributed by atoms with Crippen molar-refractivity contribution in [2.24, 2.45) is 0 Å². The lowest BCUT2D eigenvalue weighted by Gasteiger charge is -2.29. The smallest absolute Gasteiger partial charge is 0.293 e. The second kappa shape index (κ2) is 14.9. The molecule has 1 unspecified atom stereocenters. The molecule has 0 spiro atoms. The summed E-state index contributed by atoms with van der Waals surface area (Å²) < 4.78 is 5.61. The number of unbranched alkanes of at least 4 members (excludes halogenated alkanes) is 1. The Morgan fingerprint density at radius 3 is 2.57 bits per heavy atom. The summed E-state index contributed by atoms with van der Waals surface area (Å²) in [6.07, 6.45) is 6.42.